The van der Waals surface area contributed by atoms with Gasteiger partial charge in [-0.25, -0.2) is 0 Å². The van der Waals surface area contributed by atoms with Crippen molar-refractivity contribution in [3.63, 3.8) is 0 Å². The van der Waals surface area contributed by atoms with Crippen LogP contribution in [0.15, 0.2) is 278 Å². The van der Waals surface area contributed by atoms with Gasteiger partial charge >= 0.3 is 0 Å². The first kappa shape index (κ1) is 61.5. The Balaban J connectivity index is 1.20. The van der Waals surface area contributed by atoms with Crippen LogP contribution in [0.5, 0.6) is 0 Å². The minimum atomic E-state index is -3.31. The van der Waals surface area contributed by atoms with Crippen LogP contribution in [0.3, 0.4) is 0 Å². The van der Waals surface area contributed by atoms with Crippen LogP contribution in [0.25, 0.3) is 21.2 Å². The van der Waals surface area contributed by atoms with Crippen molar-refractivity contribution < 1.29 is 0 Å². The van der Waals surface area contributed by atoms with Crippen molar-refractivity contribution in [2.75, 3.05) is 14.7 Å². The highest BCUT2D eigenvalue weighted by atomic mass is 35.5. The minimum Gasteiger partial charge on any atom is -0.310 e. The van der Waals surface area contributed by atoms with E-state index in [1.165, 1.54) is 53.3 Å². The average molecular weight is 1230 g/mol. The SMILES string of the molecule is CC(C)(C)c1ccc(N(c2ccc(C(C)(C)C)cc2)c2cccc(N(c3ccc(C(C)(C)C)cc3)c3cc([Si](c4ccccc4)(c4ccccc4)c4ccccc4)cc(N(c4ccc(C(C)(C)C)cc4)c4csc5ccc(-c6ccccc6)cc45)c3Cl)c2)cc1. The van der Waals surface area contributed by atoms with E-state index in [1.807, 2.05) is 0 Å². The summed E-state index contributed by atoms with van der Waals surface area (Å²) in [5.41, 5.74) is 16.1. The lowest BCUT2D eigenvalue weighted by atomic mass is 9.86. The lowest BCUT2D eigenvalue weighted by Gasteiger charge is -2.38. The van der Waals surface area contributed by atoms with Gasteiger partial charge in [0.15, 0.2) is 8.07 Å². The third-order valence-corrected chi connectivity index (χ3v) is 23.9. The van der Waals surface area contributed by atoms with Crippen molar-refractivity contribution in [1.29, 1.82) is 0 Å². The molecule has 90 heavy (non-hydrogen) atoms. The molecule has 0 spiro atoms. The number of fused-ring (bicyclic) bond motifs is 1. The Bertz CT molecular complexity index is 4270. The molecule has 0 aliphatic rings. The molecule has 6 heteroatoms. The number of halogens is 1. The van der Waals surface area contributed by atoms with E-state index in [9.17, 15) is 0 Å². The molecule has 0 saturated carbocycles. The Morgan fingerprint density at radius 3 is 1.04 bits per heavy atom. The molecule has 0 amide bonds. The fraction of sp³-hybridized carbons (Fsp3) is 0.190. The largest absolute Gasteiger partial charge is 0.310 e. The van der Waals surface area contributed by atoms with Crippen LogP contribution in [0.2, 0.25) is 5.02 Å². The normalized spacial score (nSPS) is 12.3. The first-order chi connectivity index (χ1) is 43.1. The fourth-order valence-electron chi connectivity index (χ4n) is 12.7. The average Bonchev–Trinajstić information content (AvgIpc) is 0.821. The second kappa shape index (κ2) is 24.6. The van der Waals surface area contributed by atoms with Crippen LogP contribution in [0.1, 0.15) is 105 Å². The van der Waals surface area contributed by atoms with Gasteiger partial charge in [-0.1, -0.05) is 277 Å². The van der Waals surface area contributed by atoms with Gasteiger partial charge in [-0.05, 0) is 167 Å². The molecule has 1 aromatic heterocycles. The number of thiophene rings is 1. The van der Waals surface area contributed by atoms with E-state index in [1.54, 1.807) is 11.3 Å². The van der Waals surface area contributed by atoms with Crippen LogP contribution in [0, 0.1) is 0 Å². The third kappa shape index (κ3) is 12.2. The van der Waals surface area contributed by atoms with Gasteiger partial charge in [0.05, 0.1) is 22.1 Å². The molecule has 11 aromatic carbocycles. The Morgan fingerprint density at radius 2 is 0.644 bits per heavy atom. The van der Waals surface area contributed by atoms with Crippen molar-refractivity contribution in [2.45, 2.75) is 105 Å². The quantitative estimate of drug-likeness (QED) is 0.0794. The zero-order chi connectivity index (χ0) is 63.2. The summed E-state index contributed by atoms with van der Waals surface area (Å²) in [6.45, 7) is 27.4. The smallest absolute Gasteiger partial charge is 0.179 e. The fourth-order valence-corrected chi connectivity index (χ4v) is 18.7. The molecule has 0 atom stereocenters. The zero-order valence-corrected chi connectivity index (χ0v) is 56.8. The van der Waals surface area contributed by atoms with E-state index in [-0.39, 0.29) is 21.7 Å². The van der Waals surface area contributed by atoms with E-state index in [0.29, 0.717) is 5.02 Å². The van der Waals surface area contributed by atoms with Crippen LogP contribution >= 0.6 is 22.9 Å². The first-order valence-corrected chi connectivity index (χ1v) is 34.8. The second-order valence-electron chi connectivity index (χ2n) is 28.1. The molecular formula is C84H82ClN3SSi. The van der Waals surface area contributed by atoms with Gasteiger partial charge in [0.1, 0.15) is 0 Å². The summed E-state index contributed by atoms with van der Waals surface area (Å²) < 4.78 is 1.19. The molecule has 0 unspecified atom stereocenters. The van der Waals surface area contributed by atoms with E-state index in [4.69, 9.17) is 11.6 Å². The zero-order valence-electron chi connectivity index (χ0n) is 54.2. The lowest BCUT2D eigenvalue weighted by molar-refractivity contribution is 0.590. The predicted molar refractivity (Wildman–Crippen MR) is 395 cm³/mol. The van der Waals surface area contributed by atoms with Crippen molar-refractivity contribution in [2.24, 2.45) is 0 Å². The molecule has 0 radical (unpaired) electrons. The number of hydrogen-bond donors (Lipinski definition) is 0. The lowest BCUT2D eigenvalue weighted by Crippen LogP contribution is -2.74. The van der Waals surface area contributed by atoms with Gasteiger partial charge in [0.2, 0.25) is 0 Å². The Labute approximate surface area is 545 Å². The van der Waals surface area contributed by atoms with Crippen LogP contribution < -0.4 is 35.4 Å². The van der Waals surface area contributed by atoms with Gasteiger partial charge in [-0.15, -0.1) is 11.3 Å². The maximum absolute atomic E-state index is 8.73. The van der Waals surface area contributed by atoms with Gasteiger partial charge in [0, 0.05) is 49.6 Å². The molecule has 12 rings (SSSR count). The number of benzene rings is 11. The summed E-state index contributed by atoms with van der Waals surface area (Å²) in [4.78, 5) is 7.28. The number of nitrogens with zero attached hydrogens (tertiary/aromatic N) is 3. The van der Waals surface area contributed by atoms with Crippen LogP contribution in [0.4, 0.5) is 51.2 Å². The maximum atomic E-state index is 8.73. The molecule has 0 aliphatic heterocycles. The number of hydrogen-bond acceptors (Lipinski definition) is 4. The molecule has 0 fully saturated rings. The highest BCUT2D eigenvalue weighted by molar-refractivity contribution is 7.20. The molecule has 0 saturated heterocycles. The summed E-state index contributed by atoms with van der Waals surface area (Å²) in [5.74, 6) is 0. The molecule has 450 valence electrons. The monoisotopic (exact) mass is 1230 g/mol. The highest BCUT2D eigenvalue weighted by Crippen LogP contribution is 2.51. The van der Waals surface area contributed by atoms with Crippen molar-refractivity contribution in [3.05, 3.63) is 306 Å². The predicted octanol–water partition coefficient (Wildman–Crippen LogP) is 22.2. The van der Waals surface area contributed by atoms with Crippen LogP contribution in [-0.2, 0) is 21.7 Å². The molecule has 3 nitrogen and oxygen atoms in total. The standard InChI is InChI=1S/C84H82ClN3SSi/c1-81(2,3)61-37-45-65(46-38-61)86(66-47-39-62(40-48-66)82(4,5)6)69-28-25-29-70(55-69)87(67-49-41-63(42-50-67)83(7,8)9)76-56-74(90(71-30-19-14-20-31-71,72-32-21-15-22-33-72)73-34-23-16-24-35-73)57-77(80(76)85)88(68-51-43-64(44-52-68)84(10,11)12)78-58-89-79-53-36-60(54-75(78)79)59-26-17-13-18-27-59/h13-58H,1-12H3. The molecular weight excluding hydrogens is 1150 g/mol. The van der Waals surface area contributed by atoms with Crippen molar-refractivity contribution in [1.82, 2.24) is 0 Å². The summed E-state index contributed by atoms with van der Waals surface area (Å²) in [6, 6.07) is 102. The summed E-state index contributed by atoms with van der Waals surface area (Å²) in [7, 11) is -3.31. The van der Waals surface area contributed by atoms with Crippen molar-refractivity contribution >= 4 is 113 Å². The summed E-state index contributed by atoms with van der Waals surface area (Å²) >= 11 is 10.5. The first-order valence-electron chi connectivity index (χ1n) is 31.6. The molecule has 0 N–H and O–H groups in total. The number of anilines is 9. The van der Waals surface area contributed by atoms with E-state index in [0.717, 1.165) is 62.1 Å². The Hall–Kier alpha value is -8.71. The second-order valence-corrected chi connectivity index (χ2v) is 33.2. The molecule has 12 aromatic rings. The van der Waals surface area contributed by atoms with Gasteiger partial charge in [0.25, 0.3) is 0 Å². The van der Waals surface area contributed by atoms with Crippen molar-refractivity contribution in [3.8, 4) is 11.1 Å². The van der Waals surface area contributed by atoms with E-state index in [2.05, 4.69) is 376 Å². The Morgan fingerprint density at radius 1 is 0.289 bits per heavy atom. The highest BCUT2D eigenvalue weighted by Gasteiger charge is 2.43. The summed E-state index contributed by atoms with van der Waals surface area (Å²) in [6.07, 6.45) is 0. The number of rotatable bonds is 14. The van der Waals surface area contributed by atoms with Crippen LogP contribution in [-0.4, -0.2) is 8.07 Å². The molecule has 0 bridgehead atoms. The van der Waals surface area contributed by atoms with E-state index >= 15 is 0 Å². The summed E-state index contributed by atoms with van der Waals surface area (Å²) in [5, 5.41) is 9.09. The van der Waals surface area contributed by atoms with E-state index < -0.39 is 8.07 Å². The molecule has 0 aliphatic carbocycles. The van der Waals surface area contributed by atoms with Gasteiger partial charge < -0.3 is 14.7 Å². The van der Waals surface area contributed by atoms with Gasteiger partial charge in [-0.2, -0.15) is 0 Å². The third-order valence-electron chi connectivity index (χ3n) is 17.8. The van der Waals surface area contributed by atoms with Gasteiger partial charge in [-0.3, -0.25) is 0 Å². The molecule has 1 heterocycles. The Kier molecular flexibility index (Phi) is 16.8. The maximum Gasteiger partial charge on any atom is 0.179 e. The topological polar surface area (TPSA) is 9.72 Å². The minimum absolute atomic E-state index is 0.0115.